The summed E-state index contributed by atoms with van der Waals surface area (Å²) in [5.41, 5.74) is -1.19. The molecule has 0 N–H and O–H groups in total. The molecule has 50 heavy (non-hydrogen) atoms. The summed E-state index contributed by atoms with van der Waals surface area (Å²) in [6.07, 6.45) is 0. The van der Waals surface area contributed by atoms with Gasteiger partial charge in [-0.2, -0.15) is 13.2 Å². The van der Waals surface area contributed by atoms with Crippen molar-refractivity contribution in [3.8, 4) is 11.5 Å². The molecule has 0 heterocycles. The van der Waals surface area contributed by atoms with Gasteiger partial charge in [-0.15, -0.1) is 0 Å². The molecule has 6 aromatic rings. The van der Waals surface area contributed by atoms with Crippen molar-refractivity contribution >= 4 is 44.9 Å². The van der Waals surface area contributed by atoms with Crippen LogP contribution in [-0.2, 0) is 0 Å². The van der Waals surface area contributed by atoms with Crippen molar-refractivity contribution in [3.05, 3.63) is 123 Å². The van der Waals surface area contributed by atoms with Crippen LogP contribution < -0.4 is 14.8 Å². The SMILES string of the molecule is Fc1cc(F)c2c(F)ccc(B(Oc3c(F)c(F)c(F)c(F)c3F)Oc3c(F)c(F)c(F)c4c(F)c5c(F)c(F)c(F)c(F)c5c(F)c34)c2c1. The van der Waals surface area contributed by atoms with Gasteiger partial charge in [0.2, 0.25) is 34.9 Å². The summed E-state index contributed by atoms with van der Waals surface area (Å²) in [6, 6.07) is 0.947. The predicted molar refractivity (Wildman–Crippen MR) is 138 cm³/mol. The van der Waals surface area contributed by atoms with Gasteiger partial charge in [0, 0.05) is 11.5 Å². The molecule has 0 radical (unpaired) electrons. The van der Waals surface area contributed by atoms with Gasteiger partial charge in [-0.05, 0) is 17.5 Å². The first kappa shape index (κ1) is 34.4. The van der Waals surface area contributed by atoms with E-state index in [1.165, 1.54) is 0 Å². The standard InChI is InChI=1S/C30H4BF17O2/c32-5-3-6-7(1-2-8(33)10(6)9(34)4-5)31(50-30-27(47)24(44)23(43)25(45)28(30)48)49-29-14-13(19(39)22(42)26(29)46)15(35)11-12(16(14)36)18(38)21(41)20(40)17(11)37/h1-4H. The maximum absolute atomic E-state index is 15.9. The van der Waals surface area contributed by atoms with Gasteiger partial charge in [0.15, 0.2) is 46.4 Å². The van der Waals surface area contributed by atoms with E-state index < -0.39 is 155 Å². The van der Waals surface area contributed by atoms with Crippen LogP contribution in [0.3, 0.4) is 0 Å². The van der Waals surface area contributed by atoms with Gasteiger partial charge in [0.25, 0.3) is 0 Å². The quantitative estimate of drug-likeness (QED) is 0.0579. The third kappa shape index (κ3) is 4.82. The Hall–Kier alpha value is -5.43. The molecule has 0 saturated heterocycles. The van der Waals surface area contributed by atoms with Gasteiger partial charge in [-0.25, -0.2) is 61.5 Å². The average Bonchev–Trinajstić information content (AvgIpc) is 3.07. The van der Waals surface area contributed by atoms with E-state index in [9.17, 15) is 61.5 Å². The normalized spacial score (nSPS) is 11.7. The van der Waals surface area contributed by atoms with Gasteiger partial charge in [0.1, 0.15) is 29.1 Å². The highest BCUT2D eigenvalue weighted by Crippen LogP contribution is 2.43. The van der Waals surface area contributed by atoms with Crippen LogP contribution in [0, 0.1) is 98.9 Å². The molecule has 2 nitrogen and oxygen atoms in total. The van der Waals surface area contributed by atoms with E-state index in [-0.39, 0.29) is 18.2 Å². The van der Waals surface area contributed by atoms with Crippen LogP contribution in [0.25, 0.3) is 32.3 Å². The van der Waals surface area contributed by atoms with Gasteiger partial charge in [-0.3, -0.25) is 0 Å². The summed E-state index contributed by atoms with van der Waals surface area (Å²) in [7, 11) is -3.24. The topological polar surface area (TPSA) is 18.5 Å². The van der Waals surface area contributed by atoms with Crippen molar-refractivity contribution in [1.29, 1.82) is 0 Å². The molecule has 0 amide bonds. The fourth-order valence-electron chi connectivity index (χ4n) is 5.10. The first-order chi connectivity index (χ1) is 23.4. The highest BCUT2D eigenvalue weighted by atomic mass is 19.2. The largest absolute Gasteiger partial charge is 0.633 e. The highest BCUT2D eigenvalue weighted by Gasteiger charge is 2.40. The van der Waals surface area contributed by atoms with Gasteiger partial charge in [0.05, 0.1) is 26.9 Å². The number of benzene rings is 6. The minimum absolute atomic E-state index is 0.0808. The van der Waals surface area contributed by atoms with E-state index >= 15 is 13.2 Å². The van der Waals surface area contributed by atoms with Gasteiger partial charge >= 0.3 is 7.12 Å². The zero-order chi connectivity index (χ0) is 36.8. The Kier molecular flexibility index (Phi) is 8.18. The van der Waals surface area contributed by atoms with E-state index in [0.29, 0.717) is 6.07 Å². The lowest BCUT2D eigenvalue weighted by Crippen LogP contribution is -2.44. The lowest BCUT2D eigenvalue weighted by molar-refractivity contribution is 0.331. The van der Waals surface area contributed by atoms with E-state index in [1.807, 2.05) is 0 Å². The summed E-state index contributed by atoms with van der Waals surface area (Å²) in [5.74, 6) is -47.9. The number of fused-ring (bicyclic) bond motifs is 3. The lowest BCUT2D eigenvalue weighted by atomic mass is 9.75. The third-order valence-corrected chi connectivity index (χ3v) is 7.31. The average molecular weight is 730 g/mol. The smallest absolute Gasteiger partial charge is 0.519 e. The van der Waals surface area contributed by atoms with E-state index in [0.717, 1.165) is 0 Å². The molecular weight excluding hydrogens is 726 g/mol. The highest BCUT2D eigenvalue weighted by molar-refractivity contribution is 6.66. The second-order valence-corrected chi connectivity index (χ2v) is 10.1. The zero-order valence-corrected chi connectivity index (χ0v) is 23.1. The van der Waals surface area contributed by atoms with Crippen LogP contribution in [-0.4, -0.2) is 7.12 Å². The summed E-state index contributed by atoms with van der Waals surface area (Å²) in [4.78, 5) is 0. The van der Waals surface area contributed by atoms with Crippen molar-refractivity contribution in [2.24, 2.45) is 0 Å². The molecule has 0 unspecified atom stereocenters. The van der Waals surface area contributed by atoms with Crippen molar-refractivity contribution in [3.63, 3.8) is 0 Å². The van der Waals surface area contributed by atoms with Crippen LogP contribution in [0.5, 0.6) is 11.5 Å². The first-order valence-electron chi connectivity index (χ1n) is 12.9. The minimum atomic E-state index is -3.24. The molecule has 258 valence electrons. The fourth-order valence-corrected chi connectivity index (χ4v) is 5.10. The molecule has 0 aliphatic rings. The number of hydrogen-bond acceptors (Lipinski definition) is 2. The Bertz CT molecular complexity index is 2460. The maximum Gasteiger partial charge on any atom is 0.633 e. The number of rotatable bonds is 5. The lowest BCUT2D eigenvalue weighted by Gasteiger charge is -2.22. The summed E-state index contributed by atoms with van der Waals surface area (Å²) in [6.45, 7) is 0. The first-order valence-corrected chi connectivity index (χ1v) is 12.9. The van der Waals surface area contributed by atoms with Crippen LogP contribution in [0.15, 0.2) is 24.3 Å². The molecule has 0 bridgehead atoms. The molecule has 0 fully saturated rings. The Labute approximate surface area is 264 Å². The zero-order valence-electron chi connectivity index (χ0n) is 23.1. The Morgan fingerprint density at radius 2 is 0.740 bits per heavy atom. The molecule has 20 heteroatoms. The number of hydrogen-bond donors (Lipinski definition) is 0. The molecule has 6 rings (SSSR count). The molecule has 0 saturated carbocycles. The third-order valence-electron chi connectivity index (χ3n) is 7.31. The summed E-state index contributed by atoms with van der Waals surface area (Å²) in [5, 5.41) is -11.1. The molecule has 0 aromatic heterocycles. The van der Waals surface area contributed by atoms with Crippen molar-refractivity contribution in [2.75, 3.05) is 0 Å². The second kappa shape index (κ2) is 11.9. The van der Waals surface area contributed by atoms with Crippen molar-refractivity contribution in [2.45, 2.75) is 0 Å². The summed E-state index contributed by atoms with van der Waals surface area (Å²) < 4.78 is 258. The molecule has 6 aromatic carbocycles. The minimum Gasteiger partial charge on any atom is -0.519 e. The van der Waals surface area contributed by atoms with Crippen LogP contribution >= 0.6 is 0 Å². The molecular formula is C30H4BF17O2. The van der Waals surface area contributed by atoms with E-state index in [4.69, 9.17) is 9.31 Å². The monoisotopic (exact) mass is 730 g/mol. The molecule has 0 spiro atoms. The van der Waals surface area contributed by atoms with Crippen molar-refractivity contribution < 1.29 is 83.9 Å². The molecule has 0 atom stereocenters. The maximum atomic E-state index is 15.9. The van der Waals surface area contributed by atoms with E-state index in [2.05, 4.69) is 0 Å². The molecule has 0 aliphatic heterocycles. The Balaban J connectivity index is 1.74. The Morgan fingerprint density at radius 1 is 0.340 bits per heavy atom. The second-order valence-electron chi connectivity index (χ2n) is 10.1. The fraction of sp³-hybridized carbons (Fsp3) is 0. The van der Waals surface area contributed by atoms with Gasteiger partial charge < -0.3 is 9.31 Å². The van der Waals surface area contributed by atoms with Crippen LogP contribution in [0.4, 0.5) is 74.6 Å². The Morgan fingerprint density at radius 3 is 1.28 bits per heavy atom. The van der Waals surface area contributed by atoms with Crippen LogP contribution in [0.2, 0.25) is 0 Å². The summed E-state index contributed by atoms with van der Waals surface area (Å²) >= 11 is 0. The molecule has 0 aliphatic carbocycles. The number of halogens is 17. The van der Waals surface area contributed by atoms with Gasteiger partial charge in [-0.1, -0.05) is 6.07 Å². The predicted octanol–water partition coefficient (Wildman–Crippen LogP) is 9.36. The van der Waals surface area contributed by atoms with Crippen molar-refractivity contribution in [1.82, 2.24) is 0 Å². The van der Waals surface area contributed by atoms with Crippen LogP contribution in [0.1, 0.15) is 0 Å². The van der Waals surface area contributed by atoms with E-state index in [1.54, 1.807) is 0 Å².